The van der Waals surface area contributed by atoms with E-state index >= 15 is 0 Å². The Kier molecular flexibility index (Phi) is 2.92. The molecule has 1 aliphatic rings. The van der Waals surface area contributed by atoms with Crippen molar-refractivity contribution in [1.29, 1.82) is 0 Å². The summed E-state index contributed by atoms with van der Waals surface area (Å²) >= 11 is 0. The number of hydrogen-bond donors (Lipinski definition) is 0. The molecule has 0 bridgehead atoms. The number of benzene rings is 7. The lowest BCUT2D eigenvalue weighted by Gasteiger charge is -2.41. The normalized spacial score (nSPS) is 19.2. The Morgan fingerprint density at radius 1 is 0.489 bits per heavy atom. The molecule has 0 amide bonds. The Balaban J connectivity index is 1.54. The van der Waals surface area contributed by atoms with Crippen LogP contribution >= 0.6 is 0 Å². The van der Waals surface area contributed by atoms with Crippen LogP contribution in [0.2, 0.25) is 0 Å². The van der Waals surface area contributed by atoms with E-state index in [2.05, 4.69) is 0 Å². The maximum Gasteiger partial charge on any atom is 0.132 e. The molecule has 8 aromatic rings. The zero-order valence-corrected chi connectivity index (χ0v) is 23.1. The summed E-state index contributed by atoms with van der Waals surface area (Å²) in [4.78, 5) is 0. The summed E-state index contributed by atoms with van der Waals surface area (Å²) in [7, 11) is 0. The van der Waals surface area contributed by atoms with Crippen LogP contribution in [-0.2, 0) is 5.41 Å². The summed E-state index contributed by atoms with van der Waals surface area (Å²) < 4.78 is 179. The van der Waals surface area contributed by atoms with Crippen molar-refractivity contribution in [2.75, 3.05) is 0 Å². The minimum atomic E-state index is -1.92. The molecule has 0 unspecified atom stereocenters. The lowest BCUT2D eigenvalue weighted by atomic mass is 9.63. The van der Waals surface area contributed by atoms with Gasteiger partial charge in [0, 0.05) is 27.6 Å². The maximum absolute atomic E-state index is 10.1. The lowest BCUT2D eigenvalue weighted by Crippen LogP contribution is -2.34. The number of nitrogens with zero attached hydrogens (tertiary/aromatic N) is 1. The molecule has 2 nitrogen and oxygen atoms in total. The predicted molar refractivity (Wildman–Crippen MR) is 185 cm³/mol. The van der Waals surface area contributed by atoms with Gasteiger partial charge in [0.2, 0.25) is 0 Å². The molecule has 0 spiro atoms. The quantitative estimate of drug-likeness (QED) is 0.198. The van der Waals surface area contributed by atoms with Gasteiger partial charge in [-0.2, -0.15) is 0 Å². The second-order valence-electron chi connectivity index (χ2n) is 10.2. The minimum Gasteiger partial charge on any atom is -0.457 e. The van der Waals surface area contributed by atoms with E-state index in [0.29, 0.717) is 11.1 Å². The topological polar surface area (TPSA) is 14.2 Å². The van der Waals surface area contributed by atoms with E-state index < -0.39 is 165 Å². The number of fused-ring (bicyclic) bond motifs is 5. The van der Waals surface area contributed by atoms with Gasteiger partial charge in [0.15, 0.2) is 0 Å². The van der Waals surface area contributed by atoms with Gasteiger partial charge >= 0.3 is 0 Å². The maximum atomic E-state index is 10.1. The third kappa shape index (κ3) is 3.82. The molecule has 0 aliphatic carbocycles. The van der Waals surface area contributed by atoms with Crippen molar-refractivity contribution in [1.82, 2.24) is 4.57 Å². The summed E-state index contributed by atoms with van der Waals surface area (Å²) in [5, 5.41) is -0.827. The van der Waals surface area contributed by atoms with Crippen molar-refractivity contribution >= 4 is 21.8 Å². The van der Waals surface area contributed by atoms with Gasteiger partial charge in [-0.25, -0.2) is 0 Å². The first-order chi connectivity index (χ1) is 30.2. The molecule has 0 fully saturated rings. The first kappa shape index (κ1) is 13.0. The third-order valence-corrected chi connectivity index (χ3v) is 7.92. The highest BCUT2D eigenvalue weighted by Gasteiger charge is 2.45. The monoisotopic (exact) mass is 594 g/mol. The van der Waals surface area contributed by atoms with Crippen LogP contribution in [0.25, 0.3) is 38.6 Å². The van der Waals surface area contributed by atoms with Crippen molar-refractivity contribution in [3.05, 3.63) is 198 Å². The van der Waals surface area contributed by atoms with Crippen LogP contribution in [0.4, 0.5) is 0 Å². The van der Waals surface area contributed by atoms with E-state index in [1.165, 1.54) is 0 Å². The van der Waals surface area contributed by atoms with Gasteiger partial charge in [0.05, 0.1) is 42.5 Å². The highest BCUT2D eigenvalue weighted by atomic mass is 16.5. The van der Waals surface area contributed by atoms with Gasteiger partial charge in [-0.05, 0) is 64.6 Å². The number of aromatic nitrogens is 1. The molecule has 212 valence electrons. The minimum absolute atomic E-state index is 0.140. The Labute approximate surface area is 289 Å². The Morgan fingerprint density at radius 2 is 1.09 bits per heavy atom. The summed E-state index contributed by atoms with van der Waals surface area (Å²) in [5.74, 6) is -0.808. The van der Waals surface area contributed by atoms with E-state index in [9.17, 15) is 9.60 Å². The standard InChI is InChI=1S/C43H29NO/c1-4-14-32(15-5-1)43(33-16-6-2-7-17-33)37-21-11-13-23-41(37)45-42-27-25-30(28-38(42)43)31-24-26-36-35-20-10-12-22-39(35)44(40(36)29-31)34-18-8-3-9-19-34/h1-29H/i3D,8D,9D,10D,11D,12D,13D,18D,19D,20D,21D,22D,23D,24D,25D,26D,27D,28D,29D. The first-order valence-corrected chi connectivity index (χ1v) is 13.9. The highest BCUT2D eigenvalue weighted by molar-refractivity contribution is 6.10. The Morgan fingerprint density at radius 3 is 1.87 bits per heavy atom. The van der Waals surface area contributed by atoms with Crippen LogP contribution in [0.15, 0.2) is 175 Å². The molecule has 0 radical (unpaired) electrons. The average Bonchev–Trinajstić information content (AvgIpc) is 3.65. The molecule has 9 rings (SSSR count). The molecule has 7 aromatic carbocycles. The predicted octanol–water partition coefficient (Wildman–Crippen LogP) is 10.9. The molecule has 0 saturated heterocycles. The summed E-state index contributed by atoms with van der Waals surface area (Å²) in [6.45, 7) is 0. The van der Waals surface area contributed by atoms with Crippen LogP contribution in [0.1, 0.15) is 48.3 Å². The van der Waals surface area contributed by atoms with E-state index in [0.717, 1.165) is 4.57 Å². The van der Waals surface area contributed by atoms with Gasteiger partial charge < -0.3 is 9.30 Å². The zero-order chi connectivity index (χ0) is 46.3. The molecule has 0 saturated carbocycles. The molecule has 1 aromatic heterocycles. The zero-order valence-electron chi connectivity index (χ0n) is 42.1. The number of para-hydroxylation sites is 3. The first-order valence-electron chi connectivity index (χ1n) is 23.4. The van der Waals surface area contributed by atoms with Crippen molar-refractivity contribution in [2.24, 2.45) is 0 Å². The van der Waals surface area contributed by atoms with Crippen LogP contribution in [0, 0.1) is 0 Å². The number of ether oxygens (including phenoxy) is 1. The third-order valence-electron chi connectivity index (χ3n) is 7.92. The van der Waals surface area contributed by atoms with Gasteiger partial charge in [-0.3, -0.25) is 0 Å². The summed E-state index contributed by atoms with van der Waals surface area (Å²) in [5.41, 5.74) is -4.47. The van der Waals surface area contributed by atoms with Crippen LogP contribution in [0.3, 0.4) is 0 Å². The molecular formula is C43H29NO. The van der Waals surface area contributed by atoms with Crippen LogP contribution < -0.4 is 4.74 Å². The second-order valence-corrected chi connectivity index (χ2v) is 10.2. The van der Waals surface area contributed by atoms with Crippen LogP contribution in [0.5, 0.6) is 11.5 Å². The fourth-order valence-corrected chi connectivity index (χ4v) is 6.06. The van der Waals surface area contributed by atoms with E-state index in [1.54, 1.807) is 60.7 Å². The van der Waals surface area contributed by atoms with Gasteiger partial charge in [0.25, 0.3) is 0 Å². The average molecular weight is 595 g/mol. The second kappa shape index (κ2) is 10.1. The smallest absolute Gasteiger partial charge is 0.132 e. The highest BCUT2D eigenvalue weighted by Crippen LogP contribution is 2.55. The SMILES string of the molecule is [2H]c1c([2H])c([2H])c(-n2c3c([2H])c([2H])c([2H])c([2H])c3c3c([2H])c([2H])c(-c4c([2H])c([2H])c5c(c4[2H])C(c4ccccc4)(c4ccccc4)c4c([2H])c([2H])c([2H])c([2H])c4O5)c([2H])c32)c([2H])c1[2H]. The van der Waals surface area contributed by atoms with Gasteiger partial charge in [-0.1, -0.05) is 133 Å². The molecule has 2 heteroatoms. The summed E-state index contributed by atoms with van der Waals surface area (Å²) in [6, 6.07) is 2.54. The largest absolute Gasteiger partial charge is 0.457 e. The lowest BCUT2D eigenvalue weighted by molar-refractivity contribution is 0.434. The van der Waals surface area contributed by atoms with Crippen molar-refractivity contribution < 1.29 is 30.8 Å². The molecule has 1 aliphatic heterocycles. The molecule has 45 heavy (non-hydrogen) atoms. The van der Waals surface area contributed by atoms with Crippen molar-refractivity contribution in [2.45, 2.75) is 5.41 Å². The van der Waals surface area contributed by atoms with E-state index in [-0.39, 0.29) is 16.9 Å². The molecule has 0 atom stereocenters. The van der Waals surface area contributed by atoms with Crippen molar-refractivity contribution in [3.63, 3.8) is 0 Å². The molecule has 2 heterocycles. The molecule has 0 N–H and O–H groups in total. The Hall–Kier alpha value is -5.86. The summed E-state index contributed by atoms with van der Waals surface area (Å²) in [6.07, 6.45) is 0. The number of hydrogen-bond acceptors (Lipinski definition) is 1. The Bertz CT molecular complexity index is 3340. The fourth-order valence-electron chi connectivity index (χ4n) is 6.06. The number of rotatable bonds is 4. The fraction of sp³-hybridized carbons (Fsp3) is 0.0233. The molecular weight excluding hydrogens is 546 g/mol. The van der Waals surface area contributed by atoms with Crippen LogP contribution in [-0.4, -0.2) is 4.57 Å². The van der Waals surface area contributed by atoms with Gasteiger partial charge in [0.1, 0.15) is 11.5 Å². The van der Waals surface area contributed by atoms with E-state index in [1.807, 2.05) is 0 Å². The van der Waals surface area contributed by atoms with Crippen molar-refractivity contribution in [3.8, 4) is 28.3 Å². The van der Waals surface area contributed by atoms with Gasteiger partial charge in [-0.15, -0.1) is 0 Å². The van der Waals surface area contributed by atoms with E-state index in [4.69, 9.17) is 21.2 Å².